The lowest BCUT2D eigenvalue weighted by atomic mass is 10.1. The van der Waals surface area contributed by atoms with Gasteiger partial charge in [-0.3, -0.25) is 0 Å². The van der Waals surface area contributed by atoms with Crippen LogP contribution in [0.4, 0.5) is 25.0 Å². The fourth-order valence-corrected chi connectivity index (χ4v) is 2.87. The van der Waals surface area contributed by atoms with Gasteiger partial charge in [0.25, 0.3) is 0 Å². The fourth-order valence-electron chi connectivity index (χ4n) is 2.87. The number of benzene rings is 2. The monoisotopic (exact) mass is 345 g/mol. The van der Waals surface area contributed by atoms with Crippen LogP contribution in [0.2, 0.25) is 0 Å². The Morgan fingerprint density at radius 3 is 2.28 bits per heavy atom. The van der Waals surface area contributed by atoms with E-state index >= 15 is 0 Å². The zero-order valence-electron chi connectivity index (χ0n) is 14.4. The van der Waals surface area contributed by atoms with Gasteiger partial charge in [-0.05, 0) is 49.2 Å². The Balaban J connectivity index is 1.58. The summed E-state index contributed by atoms with van der Waals surface area (Å²) in [5.41, 5.74) is 3.71. The molecule has 1 heterocycles. The second kappa shape index (κ2) is 7.09. The molecular formula is C19H21F2N3O. The highest BCUT2D eigenvalue weighted by molar-refractivity contribution is 5.89. The van der Waals surface area contributed by atoms with E-state index in [0.717, 1.165) is 17.3 Å². The number of nitrogens with one attached hydrogen (secondary N) is 1. The number of rotatable bonds is 2. The predicted molar refractivity (Wildman–Crippen MR) is 95.1 cm³/mol. The van der Waals surface area contributed by atoms with Gasteiger partial charge in [0.1, 0.15) is 0 Å². The number of carbonyl (C=O) groups excluding carboxylic acids is 1. The molecule has 1 saturated heterocycles. The zero-order chi connectivity index (χ0) is 18.0. The van der Waals surface area contributed by atoms with Crippen molar-refractivity contribution in [3.63, 3.8) is 0 Å². The molecule has 0 saturated carbocycles. The van der Waals surface area contributed by atoms with Gasteiger partial charge < -0.3 is 15.1 Å². The third-order valence-corrected chi connectivity index (χ3v) is 4.59. The smallest absolute Gasteiger partial charge is 0.321 e. The number of anilines is 2. The van der Waals surface area contributed by atoms with E-state index < -0.39 is 11.6 Å². The Kier molecular flexibility index (Phi) is 4.88. The molecule has 0 unspecified atom stereocenters. The molecule has 0 aliphatic carbocycles. The van der Waals surface area contributed by atoms with Crippen molar-refractivity contribution in [3.05, 3.63) is 59.2 Å². The molecule has 0 atom stereocenters. The predicted octanol–water partition coefficient (Wildman–Crippen LogP) is 3.94. The summed E-state index contributed by atoms with van der Waals surface area (Å²) in [6.07, 6.45) is 0. The highest BCUT2D eigenvalue weighted by Gasteiger charge is 2.22. The Morgan fingerprint density at radius 1 is 0.920 bits per heavy atom. The van der Waals surface area contributed by atoms with Gasteiger partial charge in [0.15, 0.2) is 11.6 Å². The highest BCUT2D eigenvalue weighted by Crippen LogP contribution is 2.20. The topological polar surface area (TPSA) is 35.6 Å². The van der Waals surface area contributed by atoms with Crippen LogP contribution in [0.1, 0.15) is 11.1 Å². The lowest BCUT2D eigenvalue weighted by molar-refractivity contribution is 0.208. The standard InChI is InChI=1S/C19H21F2N3O/c1-13-3-4-15(11-14(13)2)22-19(25)24-9-7-23(8-10-24)16-5-6-17(20)18(21)12-16/h3-6,11-12H,7-10H2,1-2H3,(H,22,25). The van der Waals surface area contributed by atoms with Gasteiger partial charge in [-0.25, -0.2) is 13.6 Å². The van der Waals surface area contributed by atoms with E-state index in [-0.39, 0.29) is 6.03 Å². The van der Waals surface area contributed by atoms with Crippen LogP contribution in [0, 0.1) is 25.5 Å². The minimum Gasteiger partial charge on any atom is -0.368 e. The molecule has 132 valence electrons. The van der Waals surface area contributed by atoms with Gasteiger partial charge in [-0.15, -0.1) is 0 Å². The van der Waals surface area contributed by atoms with Gasteiger partial charge in [0, 0.05) is 43.6 Å². The Morgan fingerprint density at radius 2 is 1.64 bits per heavy atom. The van der Waals surface area contributed by atoms with Crippen LogP contribution in [0.25, 0.3) is 0 Å². The lowest BCUT2D eigenvalue weighted by Crippen LogP contribution is -2.50. The van der Waals surface area contributed by atoms with E-state index in [0.29, 0.717) is 31.9 Å². The highest BCUT2D eigenvalue weighted by atomic mass is 19.2. The van der Waals surface area contributed by atoms with E-state index in [9.17, 15) is 13.6 Å². The fraction of sp³-hybridized carbons (Fsp3) is 0.316. The van der Waals surface area contributed by atoms with Gasteiger partial charge in [-0.2, -0.15) is 0 Å². The summed E-state index contributed by atoms with van der Waals surface area (Å²) in [7, 11) is 0. The molecule has 4 nitrogen and oxygen atoms in total. The molecule has 0 aromatic heterocycles. The molecule has 3 rings (SSSR count). The normalized spacial score (nSPS) is 14.6. The summed E-state index contributed by atoms with van der Waals surface area (Å²) in [6, 6.07) is 9.55. The minimum absolute atomic E-state index is 0.145. The first-order valence-corrected chi connectivity index (χ1v) is 8.27. The Hall–Kier alpha value is -2.63. The average molecular weight is 345 g/mol. The van der Waals surface area contributed by atoms with E-state index in [4.69, 9.17) is 0 Å². The summed E-state index contributed by atoms with van der Waals surface area (Å²) in [5, 5.41) is 2.91. The number of hydrogen-bond acceptors (Lipinski definition) is 2. The van der Waals surface area contributed by atoms with Gasteiger partial charge in [-0.1, -0.05) is 6.07 Å². The molecular weight excluding hydrogens is 324 g/mol. The number of urea groups is 1. The van der Waals surface area contributed by atoms with Crippen LogP contribution in [0.5, 0.6) is 0 Å². The SMILES string of the molecule is Cc1ccc(NC(=O)N2CCN(c3ccc(F)c(F)c3)CC2)cc1C. The van der Waals surface area contributed by atoms with E-state index in [1.54, 1.807) is 11.0 Å². The van der Waals surface area contributed by atoms with E-state index in [1.165, 1.54) is 11.6 Å². The minimum atomic E-state index is -0.854. The summed E-state index contributed by atoms with van der Waals surface area (Å²) in [6.45, 7) is 6.23. The number of carbonyl (C=O) groups is 1. The molecule has 1 aliphatic heterocycles. The van der Waals surface area contributed by atoms with Crippen molar-refractivity contribution in [1.82, 2.24) is 4.90 Å². The van der Waals surface area contributed by atoms with Crippen molar-refractivity contribution in [2.75, 3.05) is 36.4 Å². The van der Waals surface area contributed by atoms with Crippen molar-refractivity contribution in [2.24, 2.45) is 0 Å². The number of halogens is 2. The maximum Gasteiger partial charge on any atom is 0.321 e. The van der Waals surface area contributed by atoms with Gasteiger partial charge in [0.2, 0.25) is 0 Å². The quantitative estimate of drug-likeness (QED) is 0.895. The maximum absolute atomic E-state index is 13.4. The first kappa shape index (κ1) is 17.2. The van der Waals surface area contributed by atoms with Gasteiger partial charge in [0.05, 0.1) is 0 Å². The van der Waals surface area contributed by atoms with Crippen LogP contribution in [0.15, 0.2) is 36.4 Å². The van der Waals surface area contributed by atoms with E-state index in [2.05, 4.69) is 5.32 Å². The average Bonchev–Trinajstić information content (AvgIpc) is 2.61. The van der Waals surface area contributed by atoms with E-state index in [1.807, 2.05) is 36.9 Å². The van der Waals surface area contributed by atoms with Crippen LogP contribution in [0.3, 0.4) is 0 Å². The van der Waals surface area contributed by atoms with Crippen molar-refractivity contribution in [3.8, 4) is 0 Å². The number of nitrogens with zero attached hydrogens (tertiary/aromatic N) is 2. The van der Waals surface area contributed by atoms with Crippen molar-refractivity contribution >= 4 is 17.4 Å². The van der Waals surface area contributed by atoms with Crippen molar-refractivity contribution in [1.29, 1.82) is 0 Å². The van der Waals surface area contributed by atoms with Crippen LogP contribution < -0.4 is 10.2 Å². The second-order valence-electron chi connectivity index (χ2n) is 6.30. The second-order valence-corrected chi connectivity index (χ2v) is 6.30. The Bertz CT molecular complexity index is 786. The van der Waals surface area contributed by atoms with Crippen LogP contribution in [-0.4, -0.2) is 37.1 Å². The number of aryl methyl sites for hydroxylation is 2. The summed E-state index contributed by atoms with van der Waals surface area (Å²) < 4.78 is 26.4. The zero-order valence-corrected chi connectivity index (χ0v) is 14.4. The number of piperazine rings is 1. The van der Waals surface area contributed by atoms with Gasteiger partial charge >= 0.3 is 6.03 Å². The molecule has 25 heavy (non-hydrogen) atoms. The third-order valence-electron chi connectivity index (χ3n) is 4.59. The van der Waals surface area contributed by atoms with Crippen LogP contribution in [-0.2, 0) is 0 Å². The molecule has 0 spiro atoms. The third kappa shape index (κ3) is 3.90. The molecule has 0 bridgehead atoms. The first-order chi connectivity index (χ1) is 11.9. The molecule has 2 aromatic carbocycles. The largest absolute Gasteiger partial charge is 0.368 e. The summed E-state index contributed by atoms with van der Waals surface area (Å²) in [4.78, 5) is 16.1. The molecule has 1 fully saturated rings. The summed E-state index contributed by atoms with van der Waals surface area (Å²) in [5.74, 6) is -1.71. The molecule has 1 N–H and O–H groups in total. The lowest BCUT2D eigenvalue weighted by Gasteiger charge is -2.36. The summed E-state index contributed by atoms with van der Waals surface area (Å²) >= 11 is 0. The molecule has 1 aliphatic rings. The number of amides is 2. The maximum atomic E-state index is 13.4. The van der Waals surface area contributed by atoms with Crippen molar-refractivity contribution in [2.45, 2.75) is 13.8 Å². The molecule has 6 heteroatoms. The molecule has 2 aromatic rings. The van der Waals surface area contributed by atoms with Crippen LogP contribution >= 0.6 is 0 Å². The number of hydrogen-bond donors (Lipinski definition) is 1. The first-order valence-electron chi connectivity index (χ1n) is 8.27. The Labute approximate surface area is 146 Å². The van der Waals surface area contributed by atoms with Crippen molar-refractivity contribution < 1.29 is 13.6 Å². The molecule has 0 radical (unpaired) electrons. The molecule has 2 amide bonds.